The molecule has 3 atom stereocenters. The molecule has 1 amide bonds. The Kier molecular flexibility index (Phi) is 6.11. The third-order valence-electron chi connectivity index (χ3n) is 4.88. The molecule has 2 fully saturated rings. The highest BCUT2D eigenvalue weighted by molar-refractivity contribution is 9.10. The predicted octanol–water partition coefficient (Wildman–Crippen LogP) is 3.21. The molecular weight excluding hydrogens is 380 g/mol. The van der Waals surface area contributed by atoms with Crippen LogP contribution in [0.1, 0.15) is 38.2 Å². The Morgan fingerprint density at radius 3 is 2.65 bits per heavy atom. The SMILES string of the molecule is CC(N)(C(=O)N1CCOC2CCCCC21)c1ccc(Br)cc1.Cl. The van der Waals surface area contributed by atoms with Crippen molar-refractivity contribution in [2.75, 3.05) is 13.2 Å². The molecule has 3 rings (SSSR count). The zero-order valence-electron chi connectivity index (χ0n) is 13.3. The molecule has 1 saturated carbocycles. The molecule has 1 aromatic carbocycles. The third-order valence-corrected chi connectivity index (χ3v) is 5.41. The van der Waals surface area contributed by atoms with Crippen LogP contribution in [0, 0.1) is 0 Å². The van der Waals surface area contributed by atoms with Crippen LogP contribution in [0.2, 0.25) is 0 Å². The number of carbonyl (C=O) groups excluding carboxylic acids is 1. The van der Waals surface area contributed by atoms with Crippen LogP contribution in [0.3, 0.4) is 0 Å². The lowest BCUT2D eigenvalue weighted by atomic mass is 9.86. The molecule has 23 heavy (non-hydrogen) atoms. The van der Waals surface area contributed by atoms with Gasteiger partial charge in [-0.25, -0.2) is 0 Å². The van der Waals surface area contributed by atoms with Crippen LogP contribution in [0.5, 0.6) is 0 Å². The molecule has 1 heterocycles. The number of ether oxygens (including phenoxy) is 1. The molecule has 3 unspecified atom stereocenters. The van der Waals surface area contributed by atoms with Crippen LogP contribution in [0.15, 0.2) is 28.7 Å². The average Bonchev–Trinajstić information content (AvgIpc) is 2.54. The maximum Gasteiger partial charge on any atom is 0.247 e. The van der Waals surface area contributed by atoms with Gasteiger partial charge in [0.2, 0.25) is 5.91 Å². The minimum Gasteiger partial charge on any atom is -0.374 e. The molecule has 6 heteroatoms. The number of carbonyl (C=O) groups is 1. The highest BCUT2D eigenvalue weighted by Gasteiger charge is 2.42. The molecule has 1 aromatic rings. The molecule has 0 bridgehead atoms. The van der Waals surface area contributed by atoms with Crippen LogP contribution < -0.4 is 5.73 Å². The van der Waals surface area contributed by atoms with E-state index in [0.29, 0.717) is 13.2 Å². The number of rotatable bonds is 2. The summed E-state index contributed by atoms with van der Waals surface area (Å²) < 4.78 is 6.84. The van der Waals surface area contributed by atoms with E-state index in [1.165, 1.54) is 6.42 Å². The number of morpholine rings is 1. The first-order chi connectivity index (χ1) is 10.5. The quantitative estimate of drug-likeness (QED) is 0.825. The predicted molar refractivity (Wildman–Crippen MR) is 96.6 cm³/mol. The molecule has 4 nitrogen and oxygen atoms in total. The first-order valence-corrected chi connectivity index (χ1v) is 8.77. The van der Waals surface area contributed by atoms with E-state index in [9.17, 15) is 4.79 Å². The Morgan fingerprint density at radius 1 is 1.30 bits per heavy atom. The molecular formula is C17H24BrClN2O2. The highest BCUT2D eigenvalue weighted by Crippen LogP contribution is 2.31. The minimum atomic E-state index is -1.000. The van der Waals surface area contributed by atoms with Crippen LogP contribution >= 0.6 is 28.3 Å². The van der Waals surface area contributed by atoms with Crippen LogP contribution in [0.4, 0.5) is 0 Å². The fourth-order valence-corrected chi connectivity index (χ4v) is 3.83. The van der Waals surface area contributed by atoms with Crippen molar-refractivity contribution in [2.45, 2.75) is 50.3 Å². The van der Waals surface area contributed by atoms with Crippen molar-refractivity contribution in [3.8, 4) is 0 Å². The van der Waals surface area contributed by atoms with E-state index in [1.807, 2.05) is 36.1 Å². The molecule has 2 N–H and O–H groups in total. The summed E-state index contributed by atoms with van der Waals surface area (Å²) in [6.07, 6.45) is 4.61. The molecule has 128 valence electrons. The number of nitrogens with zero attached hydrogens (tertiary/aromatic N) is 1. The summed E-state index contributed by atoms with van der Waals surface area (Å²) in [5, 5.41) is 0. The molecule has 0 spiro atoms. The summed E-state index contributed by atoms with van der Waals surface area (Å²) in [5.74, 6) is 0.00928. The van der Waals surface area contributed by atoms with Gasteiger partial charge in [0.1, 0.15) is 5.54 Å². The van der Waals surface area contributed by atoms with Gasteiger partial charge in [0.15, 0.2) is 0 Å². The van der Waals surface area contributed by atoms with Crippen LogP contribution in [-0.4, -0.2) is 36.1 Å². The summed E-state index contributed by atoms with van der Waals surface area (Å²) in [5.41, 5.74) is 6.28. The summed E-state index contributed by atoms with van der Waals surface area (Å²) in [6.45, 7) is 3.07. The van der Waals surface area contributed by atoms with Gasteiger partial charge < -0.3 is 15.4 Å². The second-order valence-electron chi connectivity index (χ2n) is 6.47. The lowest BCUT2D eigenvalue weighted by molar-refractivity contribution is -0.155. The first kappa shape index (κ1) is 18.7. The summed E-state index contributed by atoms with van der Waals surface area (Å²) in [7, 11) is 0. The Hall–Kier alpha value is -0.620. The fraction of sp³-hybridized carbons (Fsp3) is 0.588. The summed E-state index contributed by atoms with van der Waals surface area (Å²) in [6, 6.07) is 7.88. The lowest BCUT2D eigenvalue weighted by Crippen LogP contribution is -2.61. The molecule has 2 aliphatic rings. The second-order valence-corrected chi connectivity index (χ2v) is 7.38. The van der Waals surface area contributed by atoms with Gasteiger partial charge in [0, 0.05) is 11.0 Å². The number of hydrogen-bond donors (Lipinski definition) is 1. The van der Waals surface area contributed by atoms with Crippen LogP contribution in [-0.2, 0) is 15.1 Å². The van der Waals surface area contributed by atoms with E-state index in [0.717, 1.165) is 29.3 Å². The van der Waals surface area contributed by atoms with Gasteiger partial charge in [-0.3, -0.25) is 4.79 Å². The van der Waals surface area contributed by atoms with Crippen molar-refractivity contribution >= 4 is 34.2 Å². The second kappa shape index (κ2) is 7.51. The van der Waals surface area contributed by atoms with E-state index in [-0.39, 0.29) is 30.5 Å². The van der Waals surface area contributed by atoms with E-state index < -0.39 is 5.54 Å². The fourth-order valence-electron chi connectivity index (χ4n) is 3.57. The van der Waals surface area contributed by atoms with Gasteiger partial charge in [-0.15, -0.1) is 12.4 Å². The van der Waals surface area contributed by atoms with Crippen LogP contribution in [0.25, 0.3) is 0 Å². The zero-order chi connectivity index (χ0) is 15.7. The number of fused-ring (bicyclic) bond motifs is 1. The van der Waals surface area contributed by atoms with E-state index >= 15 is 0 Å². The maximum atomic E-state index is 13.1. The monoisotopic (exact) mass is 402 g/mol. The van der Waals surface area contributed by atoms with E-state index in [4.69, 9.17) is 10.5 Å². The standard InChI is InChI=1S/C17H23BrN2O2.ClH/c1-17(19,12-6-8-13(18)9-7-12)16(21)20-10-11-22-15-5-3-2-4-14(15)20;/h6-9,14-15H,2-5,10-11,19H2,1H3;1H. The van der Waals surface area contributed by atoms with Gasteiger partial charge in [-0.05, 0) is 37.5 Å². The van der Waals surface area contributed by atoms with E-state index in [1.54, 1.807) is 0 Å². The van der Waals surface area contributed by atoms with Crippen molar-refractivity contribution < 1.29 is 9.53 Å². The van der Waals surface area contributed by atoms with Gasteiger partial charge in [0.25, 0.3) is 0 Å². The Labute approximate surface area is 152 Å². The van der Waals surface area contributed by atoms with Crippen molar-refractivity contribution in [1.29, 1.82) is 0 Å². The Morgan fingerprint density at radius 2 is 1.96 bits per heavy atom. The molecule has 0 radical (unpaired) electrons. The normalized spacial score (nSPS) is 26.7. The van der Waals surface area contributed by atoms with Gasteiger partial charge in [-0.1, -0.05) is 40.9 Å². The molecule has 1 aliphatic heterocycles. The van der Waals surface area contributed by atoms with Crippen molar-refractivity contribution in [2.24, 2.45) is 5.73 Å². The zero-order valence-corrected chi connectivity index (χ0v) is 15.7. The Balaban J connectivity index is 0.00000192. The Bertz CT molecular complexity index is 548. The summed E-state index contributed by atoms with van der Waals surface area (Å²) in [4.78, 5) is 15.1. The largest absolute Gasteiger partial charge is 0.374 e. The number of halogens is 2. The minimum absolute atomic E-state index is 0. The van der Waals surface area contributed by atoms with Gasteiger partial charge >= 0.3 is 0 Å². The van der Waals surface area contributed by atoms with Crippen molar-refractivity contribution in [3.05, 3.63) is 34.3 Å². The molecule has 1 aliphatic carbocycles. The number of benzene rings is 1. The molecule has 0 aromatic heterocycles. The lowest BCUT2D eigenvalue weighted by Gasteiger charge is -2.46. The van der Waals surface area contributed by atoms with Crippen molar-refractivity contribution in [3.63, 3.8) is 0 Å². The smallest absolute Gasteiger partial charge is 0.247 e. The first-order valence-electron chi connectivity index (χ1n) is 7.98. The number of amides is 1. The van der Waals surface area contributed by atoms with Gasteiger partial charge in [0.05, 0.1) is 18.8 Å². The number of nitrogens with two attached hydrogens (primary N) is 1. The van der Waals surface area contributed by atoms with Gasteiger partial charge in [-0.2, -0.15) is 0 Å². The van der Waals surface area contributed by atoms with E-state index in [2.05, 4.69) is 15.9 Å². The van der Waals surface area contributed by atoms with Crippen molar-refractivity contribution in [1.82, 2.24) is 4.90 Å². The maximum absolute atomic E-state index is 13.1. The summed E-state index contributed by atoms with van der Waals surface area (Å²) >= 11 is 3.42. The number of hydrogen-bond acceptors (Lipinski definition) is 3. The highest BCUT2D eigenvalue weighted by atomic mass is 79.9. The average molecular weight is 404 g/mol. The third kappa shape index (κ3) is 3.73. The molecule has 1 saturated heterocycles. The topological polar surface area (TPSA) is 55.6 Å².